The van der Waals surface area contributed by atoms with E-state index in [0.717, 1.165) is 16.3 Å². The first-order valence-electron chi connectivity index (χ1n) is 9.72. The predicted molar refractivity (Wildman–Crippen MR) is 115 cm³/mol. The number of hydrogen-bond donors (Lipinski definition) is 0. The van der Waals surface area contributed by atoms with Crippen molar-refractivity contribution < 1.29 is 13.9 Å². The van der Waals surface area contributed by atoms with Crippen LogP contribution >= 0.6 is 11.8 Å². The molecule has 0 amide bonds. The molecule has 1 aliphatic rings. The van der Waals surface area contributed by atoms with E-state index in [1.165, 1.54) is 23.9 Å². The van der Waals surface area contributed by atoms with Gasteiger partial charge in [-0.15, -0.1) is 0 Å². The zero-order chi connectivity index (χ0) is 20.7. The van der Waals surface area contributed by atoms with Crippen molar-refractivity contribution in [2.24, 2.45) is 0 Å². The maximum atomic E-state index is 14.1. The average Bonchev–Trinajstić information content (AvgIpc) is 2.76. The number of aromatic nitrogens is 2. The van der Waals surface area contributed by atoms with Gasteiger partial charge in [-0.3, -0.25) is 9.36 Å². The highest BCUT2D eigenvalue weighted by Gasteiger charge is 2.18. The Balaban J connectivity index is 1.57. The molecule has 0 N–H and O–H groups in total. The topological polar surface area (TPSA) is 53.4 Å². The summed E-state index contributed by atoms with van der Waals surface area (Å²) in [5.74, 6) is 0.766. The minimum Gasteiger partial charge on any atom is -0.467 e. The molecule has 0 saturated heterocycles. The van der Waals surface area contributed by atoms with Gasteiger partial charge in [0.05, 0.1) is 17.5 Å². The van der Waals surface area contributed by atoms with Crippen molar-refractivity contribution in [2.45, 2.75) is 31.0 Å². The number of hydrogen-bond acceptors (Lipinski definition) is 5. The van der Waals surface area contributed by atoms with E-state index in [1.54, 1.807) is 4.57 Å². The second-order valence-corrected chi connectivity index (χ2v) is 8.06. The molecule has 0 unspecified atom stereocenters. The van der Waals surface area contributed by atoms with E-state index in [4.69, 9.17) is 14.5 Å². The van der Waals surface area contributed by atoms with Gasteiger partial charge in [-0.2, -0.15) is 0 Å². The fourth-order valence-electron chi connectivity index (χ4n) is 3.78. The molecule has 0 atom stereocenters. The second kappa shape index (κ2) is 7.74. The summed E-state index contributed by atoms with van der Waals surface area (Å²) in [5, 5.41) is 3.26. The van der Waals surface area contributed by atoms with Gasteiger partial charge in [-0.1, -0.05) is 36.0 Å². The Morgan fingerprint density at radius 2 is 1.97 bits per heavy atom. The van der Waals surface area contributed by atoms with Crippen molar-refractivity contribution >= 4 is 33.4 Å². The van der Waals surface area contributed by atoms with Crippen LogP contribution in [0.5, 0.6) is 5.75 Å². The van der Waals surface area contributed by atoms with Crippen molar-refractivity contribution in [3.63, 3.8) is 0 Å². The molecular weight excluding hydrogens is 403 g/mol. The molecule has 0 spiro atoms. The summed E-state index contributed by atoms with van der Waals surface area (Å²) in [6.07, 6.45) is 0. The molecule has 0 saturated carbocycles. The van der Waals surface area contributed by atoms with Crippen LogP contribution in [-0.2, 0) is 23.6 Å². The molecule has 1 aliphatic heterocycles. The summed E-state index contributed by atoms with van der Waals surface area (Å²) < 4.78 is 26.6. The highest BCUT2D eigenvalue weighted by atomic mass is 32.2. The Kier molecular flexibility index (Phi) is 4.92. The second-order valence-electron chi connectivity index (χ2n) is 7.11. The van der Waals surface area contributed by atoms with Gasteiger partial charge in [0.1, 0.15) is 11.6 Å². The highest BCUT2D eigenvalue weighted by Crippen LogP contribution is 2.34. The lowest BCUT2D eigenvalue weighted by atomic mass is 10.1. The lowest BCUT2D eigenvalue weighted by molar-refractivity contribution is -0.0171. The van der Waals surface area contributed by atoms with E-state index in [2.05, 4.69) is 0 Å². The third kappa shape index (κ3) is 3.34. The Morgan fingerprint density at radius 1 is 1.17 bits per heavy atom. The van der Waals surface area contributed by atoms with Crippen LogP contribution in [0.4, 0.5) is 4.39 Å². The normalized spacial score (nSPS) is 13.4. The van der Waals surface area contributed by atoms with Gasteiger partial charge in [0.2, 0.25) is 0 Å². The van der Waals surface area contributed by atoms with Crippen LogP contribution in [0, 0.1) is 5.82 Å². The van der Waals surface area contributed by atoms with Crippen molar-refractivity contribution in [1.82, 2.24) is 9.55 Å². The molecule has 0 aliphatic carbocycles. The lowest BCUT2D eigenvalue weighted by Crippen LogP contribution is -2.22. The minimum atomic E-state index is -0.329. The van der Waals surface area contributed by atoms with Crippen molar-refractivity contribution in [1.29, 1.82) is 0 Å². The molecule has 0 radical (unpaired) electrons. The zero-order valence-corrected chi connectivity index (χ0v) is 17.2. The van der Waals surface area contributed by atoms with E-state index in [-0.39, 0.29) is 18.2 Å². The first-order chi connectivity index (χ1) is 14.6. The van der Waals surface area contributed by atoms with Gasteiger partial charge in [-0.05, 0) is 42.0 Å². The van der Waals surface area contributed by atoms with Crippen LogP contribution in [-0.4, -0.2) is 16.3 Å². The zero-order valence-electron chi connectivity index (χ0n) is 16.4. The number of rotatable bonds is 4. The van der Waals surface area contributed by atoms with Crippen molar-refractivity contribution in [3.05, 3.63) is 75.8 Å². The van der Waals surface area contributed by atoms with E-state index >= 15 is 0 Å². The SMILES string of the molecule is CCn1c(SCc2cc(F)cc3c2OCOC3)nc2cc3ccccc3cc2c1=O. The van der Waals surface area contributed by atoms with Crippen LogP contribution in [0.2, 0.25) is 0 Å². The number of nitrogens with zero attached hydrogens (tertiary/aromatic N) is 2. The predicted octanol–water partition coefficient (Wildman–Crippen LogP) is 4.87. The smallest absolute Gasteiger partial charge is 0.262 e. The number of ether oxygens (including phenoxy) is 2. The monoisotopic (exact) mass is 422 g/mol. The molecule has 0 fully saturated rings. The summed E-state index contributed by atoms with van der Waals surface area (Å²) in [5.41, 5.74) is 2.02. The van der Waals surface area contributed by atoms with Gasteiger partial charge >= 0.3 is 0 Å². The van der Waals surface area contributed by atoms with Gasteiger partial charge < -0.3 is 9.47 Å². The number of benzene rings is 3. The van der Waals surface area contributed by atoms with Gasteiger partial charge in [0.25, 0.3) is 5.56 Å². The van der Waals surface area contributed by atoms with Crippen LogP contribution < -0.4 is 10.3 Å². The first kappa shape index (κ1) is 19.1. The lowest BCUT2D eigenvalue weighted by Gasteiger charge is -2.21. The summed E-state index contributed by atoms with van der Waals surface area (Å²) in [7, 11) is 0. The molecule has 5 nitrogen and oxygen atoms in total. The van der Waals surface area contributed by atoms with E-state index in [9.17, 15) is 9.18 Å². The maximum Gasteiger partial charge on any atom is 0.262 e. The molecule has 5 rings (SSSR count). The van der Waals surface area contributed by atoms with Crippen LogP contribution in [0.1, 0.15) is 18.1 Å². The maximum absolute atomic E-state index is 14.1. The number of fused-ring (bicyclic) bond motifs is 3. The van der Waals surface area contributed by atoms with E-state index in [0.29, 0.717) is 46.3 Å². The summed E-state index contributed by atoms with van der Waals surface area (Å²) in [6, 6.07) is 14.7. The Morgan fingerprint density at radius 3 is 2.77 bits per heavy atom. The van der Waals surface area contributed by atoms with Crippen LogP contribution in [0.3, 0.4) is 0 Å². The fraction of sp³-hybridized carbons (Fsp3) is 0.217. The average molecular weight is 422 g/mol. The van der Waals surface area contributed by atoms with Crippen LogP contribution in [0.25, 0.3) is 21.7 Å². The molecular formula is C23H19FN2O3S. The molecule has 152 valence electrons. The van der Waals surface area contributed by atoms with E-state index < -0.39 is 0 Å². The summed E-state index contributed by atoms with van der Waals surface area (Å²) >= 11 is 1.41. The quantitative estimate of drug-likeness (QED) is 0.267. The fourth-order valence-corrected chi connectivity index (χ4v) is 4.81. The molecule has 7 heteroatoms. The number of thioether (sulfide) groups is 1. The molecule has 4 aromatic rings. The highest BCUT2D eigenvalue weighted by molar-refractivity contribution is 7.98. The Labute approximate surface area is 176 Å². The van der Waals surface area contributed by atoms with E-state index in [1.807, 2.05) is 43.3 Å². The molecule has 3 aromatic carbocycles. The third-order valence-electron chi connectivity index (χ3n) is 5.21. The van der Waals surface area contributed by atoms with Crippen molar-refractivity contribution in [2.75, 3.05) is 6.79 Å². The van der Waals surface area contributed by atoms with Gasteiger partial charge in [0.15, 0.2) is 11.9 Å². The molecule has 1 aromatic heterocycles. The molecule has 2 heterocycles. The molecule has 30 heavy (non-hydrogen) atoms. The number of halogens is 1. The molecule has 0 bridgehead atoms. The van der Waals surface area contributed by atoms with Gasteiger partial charge in [-0.25, -0.2) is 9.37 Å². The largest absolute Gasteiger partial charge is 0.467 e. The van der Waals surface area contributed by atoms with Crippen molar-refractivity contribution in [3.8, 4) is 5.75 Å². The van der Waals surface area contributed by atoms with Crippen LogP contribution in [0.15, 0.2) is 58.5 Å². The van der Waals surface area contributed by atoms with Gasteiger partial charge in [0, 0.05) is 23.4 Å². The standard InChI is InChI=1S/C23H19FN2O3S/c1-2-26-22(27)19-9-14-5-3-4-6-15(14)10-20(19)25-23(26)30-12-17-8-18(24)7-16-11-28-13-29-21(16)17/h3-10H,2,11-13H2,1H3. The Hall–Kier alpha value is -2.90. The Bertz CT molecular complexity index is 1340. The third-order valence-corrected chi connectivity index (χ3v) is 6.24. The first-order valence-corrected chi connectivity index (χ1v) is 10.7. The minimum absolute atomic E-state index is 0.0679. The summed E-state index contributed by atoms with van der Waals surface area (Å²) in [4.78, 5) is 17.9. The summed E-state index contributed by atoms with van der Waals surface area (Å²) in [6.45, 7) is 2.90.